The van der Waals surface area contributed by atoms with Crippen LogP contribution in [0.15, 0.2) is 60.7 Å². The average Bonchev–Trinajstić information content (AvgIpc) is 2.52. The average molecular weight is 292 g/mol. The number of carboxylic acids is 2. The van der Waals surface area contributed by atoms with E-state index >= 15 is 0 Å². The predicted octanol–water partition coefficient (Wildman–Crippen LogP) is 0.880. The number of benzene rings is 2. The van der Waals surface area contributed by atoms with Crippen LogP contribution in [0.1, 0.15) is 11.1 Å². The lowest BCUT2D eigenvalue weighted by Gasteiger charge is -2.03. The monoisotopic (exact) mass is 292 g/mol. The first kappa shape index (κ1) is 15.3. The van der Waals surface area contributed by atoms with Gasteiger partial charge in [-0.15, -0.1) is 0 Å². The summed E-state index contributed by atoms with van der Waals surface area (Å²) in [6.45, 7) is 0. The molecule has 0 fully saturated rings. The Hall–Kier alpha value is -3.14. The van der Waals surface area contributed by atoms with Crippen LogP contribution in [-0.4, -0.2) is 11.9 Å². The summed E-state index contributed by atoms with van der Waals surface area (Å²) in [6.07, 6.45) is 4.89. The van der Waals surface area contributed by atoms with Crippen molar-refractivity contribution in [1.82, 2.24) is 0 Å². The van der Waals surface area contributed by atoms with Gasteiger partial charge in [0.25, 0.3) is 0 Å². The van der Waals surface area contributed by atoms with Crippen LogP contribution in [0.5, 0.6) is 0 Å². The largest absolute Gasteiger partial charge is 0.545 e. The molecule has 0 bridgehead atoms. The number of rotatable bonds is 5. The van der Waals surface area contributed by atoms with Crippen LogP contribution >= 0.6 is 0 Å². The molecule has 0 unspecified atom stereocenters. The Kier molecular flexibility index (Phi) is 4.88. The summed E-state index contributed by atoms with van der Waals surface area (Å²) in [7, 11) is 0. The molecule has 110 valence electrons. The topological polar surface area (TPSA) is 80.3 Å². The van der Waals surface area contributed by atoms with Gasteiger partial charge in [0, 0.05) is 0 Å². The van der Waals surface area contributed by atoms with E-state index in [0.717, 1.165) is 34.4 Å². The maximum Gasteiger partial charge on any atom is 0.0643 e. The fraction of sp³-hybridized carbons (Fsp3) is 0. The first-order valence-electron chi connectivity index (χ1n) is 6.53. The molecule has 22 heavy (non-hydrogen) atoms. The lowest BCUT2D eigenvalue weighted by molar-refractivity contribution is -0.298. The third-order valence-electron chi connectivity index (χ3n) is 2.98. The third kappa shape index (κ3) is 4.45. The number of hydrogen-bond acceptors (Lipinski definition) is 4. The van der Waals surface area contributed by atoms with Gasteiger partial charge < -0.3 is 19.8 Å². The molecule has 0 radical (unpaired) electrons. The van der Waals surface area contributed by atoms with Crippen molar-refractivity contribution in [3.63, 3.8) is 0 Å². The first-order chi connectivity index (χ1) is 10.5. The SMILES string of the molecule is O=C([O-])/C=C/c1ccc(-c2ccc(/C=C/C(=O)[O-])cc2)cc1. The van der Waals surface area contributed by atoms with Crippen LogP contribution in [0.25, 0.3) is 23.3 Å². The van der Waals surface area contributed by atoms with Crippen LogP contribution < -0.4 is 10.2 Å². The molecule has 4 nitrogen and oxygen atoms in total. The van der Waals surface area contributed by atoms with Gasteiger partial charge in [0.1, 0.15) is 0 Å². The zero-order chi connectivity index (χ0) is 15.9. The van der Waals surface area contributed by atoms with Crippen LogP contribution in [0.3, 0.4) is 0 Å². The maximum atomic E-state index is 10.3. The van der Waals surface area contributed by atoms with Crippen LogP contribution in [0.2, 0.25) is 0 Å². The fourth-order valence-corrected chi connectivity index (χ4v) is 1.90. The van der Waals surface area contributed by atoms with Gasteiger partial charge in [0.15, 0.2) is 0 Å². The molecule has 0 amide bonds. The molecule has 4 heteroatoms. The summed E-state index contributed by atoms with van der Waals surface area (Å²) in [5, 5.41) is 20.7. The summed E-state index contributed by atoms with van der Waals surface area (Å²) < 4.78 is 0. The molecule has 0 aliphatic heterocycles. The van der Waals surface area contributed by atoms with Gasteiger partial charge >= 0.3 is 0 Å². The standard InChI is InChI=1S/C18H14O4/c19-17(20)11-5-13-1-7-15(8-2-13)16-9-3-14(4-10-16)6-12-18(21)22/h1-12H,(H,19,20)(H,21,22)/p-2/b11-5+,12-6+. The molecular formula is C18H12O4-2. The molecule has 0 aliphatic rings. The van der Waals surface area contributed by atoms with Crippen LogP contribution in [0, 0.1) is 0 Å². The summed E-state index contributed by atoms with van der Waals surface area (Å²) in [5.41, 5.74) is 3.48. The number of carbonyl (C=O) groups is 2. The Balaban J connectivity index is 2.15. The van der Waals surface area contributed by atoms with Crippen molar-refractivity contribution in [2.24, 2.45) is 0 Å². The number of hydrogen-bond donors (Lipinski definition) is 0. The summed E-state index contributed by atoms with van der Waals surface area (Å²) in [5.74, 6) is -2.46. The Morgan fingerprint density at radius 3 is 1.23 bits per heavy atom. The molecule has 0 N–H and O–H groups in total. The lowest BCUT2D eigenvalue weighted by atomic mass is 10.0. The highest BCUT2D eigenvalue weighted by Crippen LogP contribution is 2.21. The molecule has 0 saturated carbocycles. The molecule has 0 spiro atoms. The van der Waals surface area contributed by atoms with Gasteiger partial charge in [-0.2, -0.15) is 0 Å². The van der Waals surface area contributed by atoms with E-state index in [0.29, 0.717) is 0 Å². The van der Waals surface area contributed by atoms with E-state index in [-0.39, 0.29) is 0 Å². The first-order valence-corrected chi connectivity index (χ1v) is 6.53. The molecule has 0 heterocycles. The number of aliphatic carboxylic acids is 2. The van der Waals surface area contributed by atoms with E-state index in [9.17, 15) is 19.8 Å². The minimum atomic E-state index is -1.23. The lowest BCUT2D eigenvalue weighted by Crippen LogP contribution is -2.18. The zero-order valence-corrected chi connectivity index (χ0v) is 11.6. The molecular weight excluding hydrogens is 280 g/mol. The normalized spacial score (nSPS) is 11.1. The number of carboxylic acid groups (broad SMARTS) is 2. The van der Waals surface area contributed by atoms with E-state index in [1.807, 2.05) is 24.3 Å². The third-order valence-corrected chi connectivity index (χ3v) is 2.98. The highest BCUT2D eigenvalue weighted by atomic mass is 16.4. The Morgan fingerprint density at radius 2 is 0.955 bits per heavy atom. The van der Waals surface area contributed by atoms with Crippen molar-refractivity contribution in [3.8, 4) is 11.1 Å². The maximum absolute atomic E-state index is 10.3. The Labute approximate surface area is 127 Å². The predicted molar refractivity (Wildman–Crippen MR) is 80.0 cm³/mol. The molecule has 0 saturated heterocycles. The van der Waals surface area contributed by atoms with Crippen molar-refractivity contribution in [3.05, 3.63) is 71.8 Å². The second-order valence-electron chi connectivity index (χ2n) is 4.55. The van der Waals surface area contributed by atoms with E-state index in [1.165, 1.54) is 12.2 Å². The van der Waals surface area contributed by atoms with Crippen molar-refractivity contribution < 1.29 is 19.8 Å². The van der Waals surface area contributed by atoms with Gasteiger partial charge in [-0.25, -0.2) is 0 Å². The van der Waals surface area contributed by atoms with Gasteiger partial charge in [0.05, 0.1) is 11.9 Å². The van der Waals surface area contributed by atoms with Crippen molar-refractivity contribution in [1.29, 1.82) is 0 Å². The zero-order valence-electron chi connectivity index (χ0n) is 11.6. The van der Waals surface area contributed by atoms with Gasteiger partial charge in [-0.05, 0) is 34.4 Å². The summed E-state index contributed by atoms with van der Waals surface area (Å²) in [6, 6.07) is 14.7. The molecule has 2 aromatic carbocycles. The second-order valence-corrected chi connectivity index (χ2v) is 4.55. The fourth-order valence-electron chi connectivity index (χ4n) is 1.90. The summed E-state index contributed by atoms with van der Waals surface area (Å²) in [4.78, 5) is 20.7. The van der Waals surface area contributed by atoms with E-state index in [1.54, 1.807) is 24.3 Å². The smallest absolute Gasteiger partial charge is 0.0643 e. The minimum Gasteiger partial charge on any atom is -0.545 e. The molecule has 0 aliphatic carbocycles. The van der Waals surface area contributed by atoms with Gasteiger partial charge in [-0.3, -0.25) is 0 Å². The molecule has 2 aromatic rings. The number of carbonyl (C=O) groups excluding carboxylic acids is 2. The van der Waals surface area contributed by atoms with Gasteiger partial charge in [0.2, 0.25) is 0 Å². The van der Waals surface area contributed by atoms with E-state index < -0.39 is 11.9 Å². The second kappa shape index (κ2) is 7.04. The Morgan fingerprint density at radius 1 is 0.636 bits per heavy atom. The highest BCUT2D eigenvalue weighted by molar-refractivity contribution is 5.84. The Bertz CT molecular complexity index is 657. The van der Waals surface area contributed by atoms with Crippen LogP contribution in [-0.2, 0) is 9.59 Å². The van der Waals surface area contributed by atoms with Crippen molar-refractivity contribution in [2.45, 2.75) is 0 Å². The summed E-state index contributed by atoms with van der Waals surface area (Å²) >= 11 is 0. The van der Waals surface area contributed by atoms with E-state index in [4.69, 9.17) is 0 Å². The van der Waals surface area contributed by atoms with Crippen molar-refractivity contribution in [2.75, 3.05) is 0 Å². The van der Waals surface area contributed by atoms with E-state index in [2.05, 4.69) is 0 Å². The minimum absolute atomic E-state index is 0.765. The molecule has 2 rings (SSSR count). The quantitative estimate of drug-likeness (QED) is 0.766. The van der Waals surface area contributed by atoms with Gasteiger partial charge in [-0.1, -0.05) is 60.7 Å². The highest BCUT2D eigenvalue weighted by Gasteiger charge is 1.97. The van der Waals surface area contributed by atoms with Crippen LogP contribution in [0.4, 0.5) is 0 Å². The molecule has 0 aromatic heterocycles. The van der Waals surface area contributed by atoms with Crippen molar-refractivity contribution >= 4 is 24.1 Å². The molecule has 0 atom stereocenters.